The van der Waals surface area contributed by atoms with Crippen LogP contribution in [0.4, 0.5) is 0 Å². The first-order valence-electron chi connectivity index (χ1n) is 12.1. The van der Waals surface area contributed by atoms with Gasteiger partial charge in [0.15, 0.2) is 0 Å². The number of hydrogen-bond donors (Lipinski definition) is 2. The van der Waals surface area contributed by atoms with Gasteiger partial charge in [0.2, 0.25) is 0 Å². The summed E-state index contributed by atoms with van der Waals surface area (Å²) >= 11 is 0. The zero-order valence-corrected chi connectivity index (χ0v) is 20.4. The number of aliphatic carboxylic acids is 2. The molecule has 0 spiro atoms. The van der Waals surface area contributed by atoms with Crippen LogP contribution in [-0.2, 0) is 33.9 Å². The molecule has 7 nitrogen and oxygen atoms in total. The molecule has 1 aromatic heterocycles. The molecule has 0 radical (unpaired) electrons. The number of rotatable bonds is 13. The van der Waals surface area contributed by atoms with Gasteiger partial charge >= 0.3 is 11.9 Å². The molecule has 0 unspecified atom stereocenters. The van der Waals surface area contributed by atoms with Crippen LogP contribution in [0, 0.1) is 0 Å². The van der Waals surface area contributed by atoms with Crippen molar-refractivity contribution >= 4 is 35.0 Å². The maximum absolute atomic E-state index is 11.4. The number of benzene rings is 3. The molecule has 0 saturated carbocycles. The van der Waals surface area contributed by atoms with Gasteiger partial charge in [0, 0.05) is 23.5 Å². The molecule has 0 atom stereocenters. The Morgan fingerprint density at radius 1 is 0.838 bits per heavy atom. The molecule has 0 bridgehead atoms. The van der Waals surface area contributed by atoms with Gasteiger partial charge in [-0.05, 0) is 40.5 Å². The Bertz CT molecular complexity index is 1370. The molecule has 0 saturated heterocycles. The lowest BCUT2D eigenvalue weighted by Crippen LogP contribution is -2.07. The second-order valence-corrected chi connectivity index (χ2v) is 8.63. The molecule has 190 valence electrons. The smallest absolute Gasteiger partial charge is 0.323 e. The van der Waals surface area contributed by atoms with E-state index in [-0.39, 0.29) is 13.0 Å². The molecule has 0 fully saturated rings. The molecule has 3 aromatic carbocycles. The summed E-state index contributed by atoms with van der Waals surface area (Å²) in [6.07, 6.45) is 6.08. The Morgan fingerprint density at radius 3 is 2.35 bits per heavy atom. The van der Waals surface area contributed by atoms with Crippen LogP contribution in [0.3, 0.4) is 0 Å². The predicted octanol–water partition coefficient (Wildman–Crippen LogP) is 5.51. The highest BCUT2D eigenvalue weighted by atomic mass is 16.5. The fourth-order valence-electron chi connectivity index (χ4n) is 4.16. The molecule has 0 aliphatic carbocycles. The quantitative estimate of drug-likeness (QED) is 0.186. The highest BCUT2D eigenvalue weighted by molar-refractivity contribution is 5.96. The number of hydrogen-bond acceptors (Lipinski definition) is 4. The van der Waals surface area contributed by atoms with E-state index in [1.165, 1.54) is 0 Å². The van der Waals surface area contributed by atoms with Crippen molar-refractivity contribution in [1.29, 1.82) is 0 Å². The highest BCUT2D eigenvalue weighted by Crippen LogP contribution is 2.28. The number of carboxylic acids is 2. The zero-order chi connectivity index (χ0) is 26.0. The summed E-state index contributed by atoms with van der Waals surface area (Å²) in [6.45, 7) is 1.55. The third-order valence-corrected chi connectivity index (χ3v) is 5.81. The summed E-state index contributed by atoms with van der Waals surface area (Å²) in [7, 11) is 0. The molecule has 7 heteroatoms. The van der Waals surface area contributed by atoms with Gasteiger partial charge in [-0.2, -0.15) is 0 Å². The van der Waals surface area contributed by atoms with Crippen molar-refractivity contribution in [2.24, 2.45) is 0 Å². The van der Waals surface area contributed by atoms with Gasteiger partial charge in [0.05, 0.1) is 26.2 Å². The Balaban J connectivity index is 1.36. The van der Waals surface area contributed by atoms with Crippen LogP contribution >= 0.6 is 0 Å². The van der Waals surface area contributed by atoms with Gasteiger partial charge in [0.1, 0.15) is 12.3 Å². The number of carbonyl (C=O) groups is 2. The van der Waals surface area contributed by atoms with Crippen LogP contribution in [-0.4, -0.2) is 39.9 Å². The van der Waals surface area contributed by atoms with Crippen LogP contribution in [0.25, 0.3) is 23.1 Å². The monoisotopic (exact) mass is 499 g/mol. The van der Waals surface area contributed by atoms with E-state index in [1.54, 1.807) is 16.8 Å². The lowest BCUT2D eigenvalue weighted by Gasteiger charge is -2.07. The average Bonchev–Trinajstić information content (AvgIpc) is 3.22. The van der Waals surface area contributed by atoms with Gasteiger partial charge in [-0.3, -0.25) is 9.59 Å². The van der Waals surface area contributed by atoms with Crippen molar-refractivity contribution in [2.45, 2.75) is 26.0 Å². The van der Waals surface area contributed by atoms with E-state index in [9.17, 15) is 19.8 Å². The van der Waals surface area contributed by atoms with E-state index >= 15 is 0 Å². The fraction of sp³-hybridized carbons (Fsp3) is 0.200. The summed E-state index contributed by atoms with van der Waals surface area (Å²) in [5.74, 6) is -1.18. The molecule has 4 aromatic rings. The first kappa shape index (κ1) is 25.7. The van der Waals surface area contributed by atoms with Gasteiger partial charge in [0.25, 0.3) is 0 Å². The summed E-state index contributed by atoms with van der Waals surface area (Å²) < 4.78 is 13.1. The van der Waals surface area contributed by atoms with Gasteiger partial charge in [-0.1, -0.05) is 66.7 Å². The predicted molar refractivity (Wildman–Crippen MR) is 142 cm³/mol. The highest BCUT2D eigenvalue weighted by Gasteiger charge is 2.15. The number of aromatic nitrogens is 1. The maximum atomic E-state index is 11.4. The zero-order valence-electron chi connectivity index (χ0n) is 20.4. The van der Waals surface area contributed by atoms with Gasteiger partial charge in [-0.15, -0.1) is 0 Å². The molecular formula is C30H29NO6. The summed E-state index contributed by atoms with van der Waals surface area (Å²) in [4.78, 5) is 22.7. The number of nitrogens with zero attached hydrogens (tertiary/aromatic N) is 1. The van der Waals surface area contributed by atoms with Crippen LogP contribution in [0.1, 0.15) is 28.7 Å². The third kappa shape index (κ3) is 7.32. The summed E-state index contributed by atoms with van der Waals surface area (Å²) in [5.41, 5.74) is 4.21. The molecule has 2 N–H and O–H groups in total. The lowest BCUT2D eigenvalue weighted by atomic mass is 10.0. The van der Waals surface area contributed by atoms with Crippen molar-refractivity contribution in [3.05, 3.63) is 101 Å². The Kier molecular flexibility index (Phi) is 8.73. The maximum Gasteiger partial charge on any atom is 0.323 e. The van der Waals surface area contributed by atoms with E-state index in [4.69, 9.17) is 9.47 Å². The van der Waals surface area contributed by atoms with Crippen LogP contribution in [0.15, 0.2) is 79.0 Å². The fourth-order valence-corrected chi connectivity index (χ4v) is 4.16. The van der Waals surface area contributed by atoms with E-state index in [0.717, 1.165) is 34.2 Å². The molecule has 0 amide bonds. The third-order valence-electron chi connectivity index (χ3n) is 5.81. The topological polar surface area (TPSA) is 98.0 Å². The molecule has 0 aliphatic rings. The van der Waals surface area contributed by atoms with Crippen LogP contribution in [0.5, 0.6) is 5.75 Å². The largest absolute Gasteiger partial charge is 0.494 e. The number of fused-ring (bicyclic) bond motifs is 1. The van der Waals surface area contributed by atoms with Crippen molar-refractivity contribution in [1.82, 2.24) is 4.57 Å². The van der Waals surface area contributed by atoms with Crippen molar-refractivity contribution in [3.8, 4) is 5.75 Å². The van der Waals surface area contributed by atoms with Crippen LogP contribution < -0.4 is 4.74 Å². The second-order valence-electron chi connectivity index (χ2n) is 8.63. The standard InChI is InChI=1S/C30H29NO6/c32-28(33)18-25-19-31(20-29(34)35)27-9-4-8-24(30(25)27)13-10-22-11-14-26(15-12-22)37-17-5-16-36-21-23-6-2-1-3-7-23/h1-4,6-15,19H,5,16-18,20-21H2,(H,32,33)(H,34,35). The van der Waals surface area contributed by atoms with E-state index in [2.05, 4.69) is 0 Å². The Labute approximate surface area is 215 Å². The van der Waals surface area contributed by atoms with Gasteiger partial charge < -0.3 is 24.3 Å². The molecule has 1 heterocycles. The molecular weight excluding hydrogens is 470 g/mol. The SMILES string of the molecule is O=C(O)Cc1cn(CC(=O)O)c2cccc(C=Cc3ccc(OCCCOCc4ccccc4)cc3)c12. The average molecular weight is 500 g/mol. The normalized spacial score (nSPS) is 11.2. The summed E-state index contributed by atoms with van der Waals surface area (Å²) in [6, 6.07) is 23.3. The lowest BCUT2D eigenvalue weighted by molar-refractivity contribution is -0.138. The Morgan fingerprint density at radius 2 is 1.62 bits per heavy atom. The van der Waals surface area contributed by atoms with Gasteiger partial charge in [-0.25, -0.2) is 0 Å². The molecule has 0 aliphatic heterocycles. The second kappa shape index (κ2) is 12.6. The number of carboxylic acid groups (broad SMARTS) is 2. The minimum absolute atomic E-state index is 0.183. The first-order chi connectivity index (χ1) is 18.0. The van der Waals surface area contributed by atoms with E-state index < -0.39 is 11.9 Å². The summed E-state index contributed by atoms with van der Waals surface area (Å²) in [5, 5.41) is 19.3. The van der Waals surface area contributed by atoms with Crippen molar-refractivity contribution in [2.75, 3.05) is 13.2 Å². The van der Waals surface area contributed by atoms with E-state index in [1.807, 2.05) is 78.9 Å². The molecule has 4 rings (SSSR count). The minimum atomic E-state index is -0.985. The number of ether oxygens (including phenoxy) is 2. The Hall–Kier alpha value is -4.36. The molecule has 37 heavy (non-hydrogen) atoms. The first-order valence-corrected chi connectivity index (χ1v) is 12.1. The van der Waals surface area contributed by atoms with Crippen molar-refractivity contribution < 1.29 is 29.3 Å². The minimum Gasteiger partial charge on any atom is -0.494 e. The van der Waals surface area contributed by atoms with Crippen molar-refractivity contribution in [3.63, 3.8) is 0 Å². The van der Waals surface area contributed by atoms with Crippen LogP contribution in [0.2, 0.25) is 0 Å². The van der Waals surface area contributed by atoms with E-state index in [0.29, 0.717) is 30.9 Å².